The summed E-state index contributed by atoms with van der Waals surface area (Å²) < 4.78 is 6.14. The molecule has 1 aromatic carbocycles. The lowest BCUT2D eigenvalue weighted by atomic mass is 9.83. The van der Waals surface area contributed by atoms with Crippen molar-refractivity contribution < 1.29 is 4.74 Å². The molecule has 0 spiro atoms. The lowest BCUT2D eigenvalue weighted by Crippen LogP contribution is -2.53. The molecule has 0 unspecified atom stereocenters. The van der Waals surface area contributed by atoms with Crippen LogP contribution in [0.2, 0.25) is 0 Å². The number of hydrogen-bond donors (Lipinski definition) is 1. The van der Waals surface area contributed by atoms with Crippen LogP contribution < -0.4 is 10.1 Å². The molecule has 124 valence electrons. The van der Waals surface area contributed by atoms with Gasteiger partial charge in [0, 0.05) is 11.6 Å². The summed E-state index contributed by atoms with van der Waals surface area (Å²) in [5.74, 6) is 1.03. The van der Waals surface area contributed by atoms with E-state index in [9.17, 15) is 0 Å². The van der Waals surface area contributed by atoms with E-state index in [1.54, 1.807) is 0 Å². The van der Waals surface area contributed by atoms with Crippen LogP contribution in [0.1, 0.15) is 66.4 Å². The van der Waals surface area contributed by atoms with Crippen molar-refractivity contribution in [3.63, 3.8) is 0 Å². The van der Waals surface area contributed by atoms with E-state index in [-0.39, 0.29) is 5.54 Å². The highest BCUT2D eigenvalue weighted by Crippen LogP contribution is 2.30. The minimum atomic E-state index is 0.196. The van der Waals surface area contributed by atoms with E-state index >= 15 is 0 Å². The Balaban J connectivity index is 1.85. The average molecular weight is 303 g/mol. The SMILES string of the molecule is CCC(C)(C)Cc1cccc(O[C@H]2C[C@@H](NC(C)(C)C)C2)c1. The number of benzene rings is 1. The van der Waals surface area contributed by atoms with Crippen LogP contribution in [0, 0.1) is 5.41 Å². The third-order valence-corrected chi connectivity index (χ3v) is 4.57. The van der Waals surface area contributed by atoms with Crippen LogP contribution in [0.25, 0.3) is 0 Å². The highest BCUT2D eigenvalue weighted by Gasteiger charge is 2.33. The van der Waals surface area contributed by atoms with Gasteiger partial charge in [-0.25, -0.2) is 0 Å². The van der Waals surface area contributed by atoms with Gasteiger partial charge in [-0.05, 0) is 63.1 Å². The Labute approximate surface area is 136 Å². The molecule has 1 fully saturated rings. The maximum atomic E-state index is 6.14. The van der Waals surface area contributed by atoms with E-state index in [1.165, 1.54) is 12.0 Å². The molecule has 0 aromatic heterocycles. The maximum Gasteiger partial charge on any atom is 0.119 e. The van der Waals surface area contributed by atoms with Gasteiger partial charge in [-0.2, -0.15) is 0 Å². The van der Waals surface area contributed by atoms with Crippen molar-refractivity contribution in [3.05, 3.63) is 29.8 Å². The quantitative estimate of drug-likeness (QED) is 0.801. The summed E-state index contributed by atoms with van der Waals surface area (Å²) in [5, 5.41) is 3.64. The van der Waals surface area contributed by atoms with Gasteiger partial charge in [0.2, 0.25) is 0 Å². The second-order valence-electron chi connectivity index (χ2n) is 8.64. The van der Waals surface area contributed by atoms with Gasteiger partial charge in [0.15, 0.2) is 0 Å². The van der Waals surface area contributed by atoms with Crippen molar-refractivity contribution in [1.29, 1.82) is 0 Å². The number of hydrogen-bond acceptors (Lipinski definition) is 2. The van der Waals surface area contributed by atoms with Crippen molar-refractivity contribution >= 4 is 0 Å². The Hall–Kier alpha value is -1.02. The third kappa shape index (κ3) is 5.31. The Morgan fingerprint density at radius 2 is 1.82 bits per heavy atom. The summed E-state index contributed by atoms with van der Waals surface area (Å²) in [5.41, 5.74) is 1.94. The molecule has 22 heavy (non-hydrogen) atoms. The van der Waals surface area contributed by atoms with E-state index in [0.717, 1.165) is 25.0 Å². The fourth-order valence-electron chi connectivity index (χ4n) is 2.99. The Kier molecular flexibility index (Phi) is 5.21. The summed E-state index contributed by atoms with van der Waals surface area (Å²) in [6, 6.07) is 9.26. The fourth-order valence-corrected chi connectivity index (χ4v) is 2.99. The normalized spacial score (nSPS) is 22.3. The molecule has 0 bridgehead atoms. The van der Waals surface area contributed by atoms with Gasteiger partial charge in [0.1, 0.15) is 11.9 Å². The first-order chi connectivity index (χ1) is 10.2. The zero-order chi connectivity index (χ0) is 16.4. The van der Waals surface area contributed by atoms with Crippen molar-refractivity contribution in [2.45, 2.75) is 84.9 Å². The van der Waals surface area contributed by atoms with Crippen molar-refractivity contribution in [2.75, 3.05) is 0 Å². The van der Waals surface area contributed by atoms with Crippen LogP contribution in [-0.4, -0.2) is 17.7 Å². The largest absolute Gasteiger partial charge is 0.490 e. The second kappa shape index (κ2) is 6.62. The van der Waals surface area contributed by atoms with Gasteiger partial charge in [0.05, 0.1) is 0 Å². The van der Waals surface area contributed by atoms with E-state index in [1.807, 2.05) is 0 Å². The molecule has 1 N–H and O–H groups in total. The Bertz CT molecular complexity index is 481. The third-order valence-electron chi connectivity index (χ3n) is 4.57. The van der Waals surface area contributed by atoms with Gasteiger partial charge in [-0.1, -0.05) is 39.3 Å². The monoisotopic (exact) mass is 303 g/mol. The molecular formula is C20H33NO. The van der Waals surface area contributed by atoms with Crippen LogP contribution in [0.15, 0.2) is 24.3 Å². The molecule has 1 aromatic rings. The standard InChI is InChI=1S/C20H33NO/c1-7-20(5,6)14-15-9-8-10-17(11-15)22-18-12-16(13-18)21-19(2,3)4/h8-11,16,18,21H,7,12-14H2,1-6H3/t16-,18+. The zero-order valence-corrected chi connectivity index (χ0v) is 15.2. The molecule has 0 aliphatic heterocycles. The van der Waals surface area contributed by atoms with Crippen LogP contribution in [0.4, 0.5) is 0 Å². The minimum Gasteiger partial charge on any atom is -0.490 e. The smallest absolute Gasteiger partial charge is 0.119 e. The number of nitrogens with one attached hydrogen (secondary N) is 1. The summed E-state index contributed by atoms with van der Waals surface area (Å²) >= 11 is 0. The van der Waals surface area contributed by atoms with Crippen molar-refractivity contribution in [1.82, 2.24) is 5.32 Å². The van der Waals surface area contributed by atoms with Gasteiger partial charge in [-0.3, -0.25) is 0 Å². The predicted molar refractivity (Wildman–Crippen MR) is 94.5 cm³/mol. The van der Waals surface area contributed by atoms with Gasteiger partial charge in [-0.15, -0.1) is 0 Å². The molecule has 0 amide bonds. The molecule has 0 saturated heterocycles. The van der Waals surface area contributed by atoms with Gasteiger partial charge in [0.25, 0.3) is 0 Å². The molecule has 1 aliphatic rings. The zero-order valence-electron chi connectivity index (χ0n) is 15.2. The molecule has 0 atom stereocenters. The highest BCUT2D eigenvalue weighted by atomic mass is 16.5. The van der Waals surface area contributed by atoms with E-state index in [0.29, 0.717) is 17.6 Å². The summed E-state index contributed by atoms with van der Waals surface area (Å²) in [6.07, 6.45) is 4.90. The molecule has 1 saturated carbocycles. The Morgan fingerprint density at radius 1 is 1.14 bits per heavy atom. The summed E-state index contributed by atoms with van der Waals surface area (Å²) in [4.78, 5) is 0. The van der Waals surface area contributed by atoms with E-state index < -0.39 is 0 Å². The maximum absolute atomic E-state index is 6.14. The van der Waals surface area contributed by atoms with Crippen LogP contribution in [-0.2, 0) is 6.42 Å². The van der Waals surface area contributed by atoms with E-state index in [2.05, 4.69) is 71.1 Å². The first-order valence-corrected chi connectivity index (χ1v) is 8.70. The van der Waals surface area contributed by atoms with Crippen LogP contribution >= 0.6 is 0 Å². The topological polar surface area (TPSA) is 21.3 Å². The highest BCUT2D eigenvalue weighted by molar-refractivity contribution is 5.29. The van der Waals surface area contributed by atoms with Crippen molar-refractivity contribution in [3.8, 4) is 5.75 Å². The number of rotatable bonds is 6. The number of ether oxygens (including phenoxy) is 1. The van der Waals surface area contributed by atoms with Crippen LogP contribution in [0.5, 0.6) is 5.75 Å². The summed E-state index contributed by atoms with van der Waals surface area (Å²) in [7, 11) is 0. The molecule has 0 radical (unpaired) electrons. The van der Waals surface area contributed by atoms with Gasteiger partial charge >= 0.3 is 0 Å². The average Bonchev–Trinajstić information content (AvgIpc) is 2.34. The van der Waals surface area contributed by atoms with E-state index in [4.69, 9.17) is 4.74 Å². The lowest BCUT2D eigenvalue weighted by Gasteiger charge is -2.40. The lowest BCUT2D eigenvalue weighted by molar-refractivity contribution is 0.0733. The fraction of sp³-hybridized carbons (Fsp3) is 0.700. The first kappa shape index (κ1) is 17.3. The summed E-state index contributed by atoms with van der Waals surface area (Å²) in [6.45, 7) is 13.6. The molecule has 2 heteroatoms. The molecule has 1 aliphatic carbocycles. The molecule has 2 rings (SSSR count). The Morgan fingerprint density at radius 3 is 2.41 bits per heavy atom. The first-order valence-electron chi connectivity index (χ1n) is 8.70. The van der Waals surface area contributed by atoms with Crippen LogP contribution in [0.3, 0.4) is 0 Å². The minimum absolute atomic E-state index is 0.196. The molecular weight excluding hydrogens is 270 g/mol. The van der Waals surface area contributed by atoms with Crippen molar-refractivity contribution in [2.24, 2.45) is 5.41 Å². The van der Waals surface area contributed by atoms with Gasteiger partial charge < -0.3 is 10.1 Å². The second-order valence-corrected chi connectivity index (χ2v) is 8.64. The molecule has 2 nitrogen and oxygen atoms in total. The molecule has 0 heterocycles. The predicted octanol–water partition coefficient (Wildman–Crippen LogP) is 4.96.